The van der Waals surface area contributed by atoms with Crippen LogP contribution in [0, 0.1) is 24.0 Å². The fourth-order valence-corrected chi connectivity index (χ4v) is 3.48. The fourth-order valence-electron chi connectivity index (χ4n) is 2.08. The Kier molecular flexibility index (Phi) is 4.56. The van der Waals surface area contributed by atoms with Gasteiger partial charge in [-0.1, -0.05) is 0 Å². The topological polar surface area (TPSA) is 127 Å². The number of nitrogens with zero attached hydrogens (tertiary/aromatic N) is 1. The Bertz CT molecular complexity index is 920. The van der Waals surface area contributed by atoms with Crippen molar-refractivity contribution in [2.45, 2.75) is 18.7 Å². The zero-order chi connectivity index (χ0) is 18.1. The van der Waals surface area contributed by atoms with Crippen molar-refractivity contribution >= 4 is 27.4 Å². The lowest BCUT2D eigenvalue weighted by molar-refractivity contribution is -0.385. The molecule has 0 atom stereocenters. The molecule has 24 heavy (non-hydrogen) atoms. The van der Waals surface area contributed by atoms with E-state index in [9.17, 15) is 23.3 Å². The average molecular weight is 350 g/mol. The van der Waals surface area contributed by atoms with Gasteiger partial charge in [-0.05, 0) is 49.2 Å². The third kappa shape index (κ3) is 3.51. The average Bonchev–Trinajstić information content (AvgIpc) is 2.49. The van der Waals surface area contributed by atoms with Crippen molar-refractivity contribution in [2.75, 3.05) is 4.72 Å². The van der Waals surface area contributed by atoms with Crippen LogP contribution >= 0.6 is 0 Å². The number of carbonyl (C=O) groups is 1. The number of benzene rings is 2. The molecule has 0 aliphatic rings. The van der Waals surface area contributed by atoms with Crippen molar-refractivity contribution in [2.24, 2.45) is 0 Å². The van der Waals surface area contributed by atoms with Gasteiger partial charge in [-0.15, -0.1) is 0 Å². The smallest absolute Gasteiger partial charge is 0.335 e. The number of anilines is 1. The van der Waals surface area contributed by atoms with Crippen molar-refractivity contribution in [3.8, 4) is 0 Å². The Morgan fingerprint density at radius 3 is 2.25 bits per heavy atom. The number of non-ortho nitro benzene ring substituents is 1. The largest absolute Gasteiger partial charge is 0.478 e. The van der Waals surface area contributed by atoms with Gasteiger partial charge in [-0.2, -0.15) is 0 Å². The summed E-state index contributed by atoms with van der Waals surface area (Å²) in [5.41, 5.74) is 0.727. The first kappa shape index (κ1) is 17.4. The third-order valence-electron chi connectivity index (χ3n) is 3.49. The lowest BCUT2D eigenvalue weighted by Gasteiger charge is -2.12. The van der Waals surface area contributed by atoms with Crippen molar-refractivity contribution in [1.29, 1.82) is 0 Å². The van der Waals surface area contributed by atoms with E-state index in [-0.39, 0.29) is 21.8 Å². The van der Waals surface area contributed by atoms with Crippen LogP contribution in [0.25, 0.3) is 0 Å². The van der Waals surface area contributed by atoms with Crippen LogP contribution in [0.3, 0.4) is 0 Å². The number of aromatic carboxylic acids is 1. The molecule has 8 nitrogen and oxygen atoms in total. The molecule has 0 fully saturated rings. The van der Waals surface area contributed by atoms with E-state index in [0.29, 0.717) is 11.1 Å². The molecule has 0 radical (unpaired) electrons. The molecule has 0 spiro atoms. The highest BCUT2D eigenvalue weighted by Crippen LogP contribution is 2.27. The molecule has 0 heterocycles. The van der Waals surface area contributed by atoms with E-state index in [2.05, 4.69) is 4.72 Å². The predicted molar refractivity (Wildman–Crippen MR) is 86.8 cm³/mol. The van der Waals surface area contributed by atoms with Gasteiger partial charge in [0.1, 0.15) is 0 Å². The molecule has 2 rings (SSSR count). The van der Waals surface area contributed by atoms with Gasteiger partial charge in [-0.3, -0.25) is 14.8 Å². The Hall–Kier alpha value is -2.94. The quantitative estimate of drug-likeness (QED) is 0.630. The van der Waals surface area contributed by atoms with Crippen molar-refractivity contribution < 1.29 is 23.2 Å². The molecule has 0 aliphatic heterocycles. The highest BCUT2D eigenvalue weighted by atomic mass is 32.2. The van der Waals surface area contributed by atoms with Gasteiger partial charge in [0.15, 0.2) is 0 Å². The van der Waals surface area contributed by atoms with Crippen LogP contribution in [-0.2, 0) is 10.0 Å². The summed E-state index contributed by atoms with van der Waals surface area (Å²) in [4.78, 5) is 20.9. The number of sulfonamides is 1. The highest BCUT2D eigenvalue weighted by Gasteiger charge is 2.22. The fraction of sp³-hybridized carbons (Fsp3) is 0.133. The van der Waals surface area contributed by atoms with Crippen LogP contribution < -0.4 is 4.72 Å². The van der Waals surface area contributed by atoms with Crippen LogP contribution in [-0.4, -0.2) is 24.4 Å². The Balaban J connectivity index is 2.43. The molecule has 0 bridgehead atoms. The third-order valence-corrected chi connectivity index (χ3v) is 5.00. The number of nitro groups is 1. The predicted octanol–water partition coefficient (Wildman–Crippen LogP) is 2.71. The van der Waals surface area contributed by atoms with Crippen LogP contribution in [0.1, 0.15) is 21.5 Å². The second kappa shape index (κ2) is 6.28. The lowest BCUT2D eigenvalue weighted by atomic mass is 10.1. The number of carboxylic acids is 1. The second-order valence-corrected chi connectivity index (χ2v) is 6.78. The summed E-state index contributed by atoms with van der Waals surface area (Å²) < 4.78 is 27.3. The first-order chi connectivity index (χ1) is 11.1. The zero-order valence-corrected chi connectivity index (χ0v) is 13.6. The molecule has 0 amide bonds. The van der Waals surface area contributed by atoms with E-state index in [4.69, 9.17) is 5.11 Å². The molecule has 2 aromatic rings. The standard InChI is InChI=1S/C15H14N2O6S/c1-9-7-13(17(20)21)8-14(10(9)2)24(22,23)16-12-5-3-11(4-6-12)15(18)19/h3-8,16H,1-2H3,(H,18,19). The van der Waals surface area contributed by atoms with Crippen LogP contribution in [0.15, 0.2) is 41.3 Å². The van der Waals surface area contributed by atoms with Crippen LogP contribution in [0.4, 0.5) is 11.4 Å². The minimum absolute atomic E-state index is 0.0142. The number of nitro benzene ring substituents is 1. The van der Waals surface area contributed by atoms with Gasteiger partial charge in [0.25, 0.3) is 15.7 Å². The molecule has 2 aromatic carbocycles. The molecule has 126 valence electrons. The summed E-state index contributed by atoms with van der Waals surface area (Å²) in [6.07, 6.45) is 0. The van der Waals surface area contributed by atoms with Crippen LogP contribution in [0.2, 0.25) is 0 Å². The molecule has 0 aliphatic carbocycles. The minimum Gasteiger partial charge on any atom is -0.478 e. The minimum atomic E-state index is -4.06. The molecule has 0 aromatic heterocycles. The maximum Gasteiger partial charge on any atom is 0.335 e. The molecule has 0 saturated heterocycles. The number of rotatable bonds is 5. The maximum absolute atomic E-state index is 12.5. The molecule has 0 saturated carbocycles. The molecule has 9 heteroatoms. The number of hydrogen-bond donors (Lipinski definition) is 2. The summed E-state index contributed by atoms with van der Waals surface area (Å²) in [5, 5.41) is 19.8. The van der Waals surface area contributed by atoms with Crippen molar-refractivity contribution in [3.63, 3.8) is 0 Å². The van der Waals surface area contributed by atoms with Gasteiger partial charge in [0.2, 0.25) is 0 Å². The summed E-state index contributed by atoms with van der Waals surface area (Å²) in [6.45, 7) is 3.14. The first-order valence-electron chi connectivity index (χ1n) is 6.73. The Morgan fingerprint density at radius 2 is 1.75 bits per heavy atom. The summed E-state index contributed by atoms with van der Waals surface area (Å²) in [5.74, 6) is -1.13. The van der Waals surface area contributed by atoms with Crippen molar-refractivity contribution in [1.82, 2.24) is 0 Å². The van der Waals surface area contributed by atoms with E-state index >= 15 is 0 Å². The Morgan fingerprint density at radius 1 is 1.17 bits per heavy atom. The van der Waals surface area contributed by atoms with Crippen LogP contribution in [0.5, 0.6) is 0 Å². The first-order valence-corrected chi connectivity index (χ1v) is 8.22. The van der Waals surface area contributed by atoms with Gasteiger partial charge in [0, 0.05) is 17.8 Å². The van der Waals surface area contributed by atoms with E-state index in [1.807, 2.05) is 0 Å². The number of carboxylic acid groups (broad SMARTS) is 1. The Labute approximate surface area is 138 Å². The second-order valence-electron chi connectivity index (χ2n) is 5.13. The molecule has 2 N–H and O–H groups in total. The number of nitrogens with one attached hydrogen (secondary N) is 1. The summed E-state index contributed by atoms with van der Waals surface area (Å²) >= 11 is 0. The van der Waals surface area contributed by atoms with E-state index in [0.717, 1.165) is 6.07 Å². The SMILES string of the molecule is Cc1cc([N+](=O)[O-])cc(S(=O)(=O)Nc2ccc(C(=O)O)cc2)c1C. The van der Waals surface area contributed by atoms with E-state index in [1.165, 1.54) is 30.3 Å². The summed E-state index contributed by atoms with van der Waals surface area (Å²) in [7, 11) is -4.06. The number of hydrogen-bond acceptors (Lipinski definition) is 5. The van der Waals surface area contributed by atoms with E-state index in [1.54, 1.807) is 13.8 Å². The normalized spacial score (nSPS) is 11.1. The monoisotopic (exact) mass is 350 g/mol. The lowest BCUT2D eigenvalue weighted by Crippen LogP contribution is -2.15. The van der Waals surface area contributed by atoms with Crippen molar-refractivity contribution in [3.05, 3.63) is 63.2 Å². The molecular weight excluding hydrogens is 336 g/mol. The van der Waals surface area contributed by atoms with Gasteiger partial charge in [-0.25, -0.2) is 13.2 Å². The van der Waals surface area contributed by atoms with Gasteiger partial charge >= 0.3 is 5.97 Å². The highest BCUT2D eigenvalue weighted by molar-refractivity contribution is 7.92. The van der Waals surface area contributed by atoms with E-state index < -0.39 is 20.9 Å². The van der Waals surface area contributed by atoms with Gasteiger partial charge in [0.05, 0.1) is 15.4 Å². The van der Waals surface area contributed by atoms with Gasteiger partial charge < -0.3 is 5.11 Å². The zero-order valence-electron chi connectivity index (χ0n) is 12.8. The summed E-state index contributed by atoms with van der Waals surface area (Å²) in [6, 6.07) is 7.42. The number of aryl methyl sites for hydroxylation is 1. The molecular formula is C15H14N2O6S. The maximum atomic E-state index is 12.5. The molecule has 0 unspecified atom stereocenters.